The van der Waals surface area contributed by atoms with E-state index in [0.29, 0.717) is 25.0 Å². The first kappa shape index (κ1) is 17.7. The maximum Gasteiger partial charge on any atom is 0.306 e. The maximum atomic E-state index is 11.6. The van der Waals surface area contributed by atoms with Crippen molar-refractivity contribution in [2.24, 2.45) is 5.92 Å². The summed E-state index contributed by atoms with van der Waals surface area (Å²) >= 11 is 0. The number of rotatable bonds is 5. The summed E-state index contributed by atoms with van der Waals surface area (Å²) in [6, 6.07) is 0. The Bertz CT molecular complexity index is 320. The minimum absolute atomic E-state index is 0.0505. The zero-order chi connectivity index (χ0) is 15.4. The van der Waals surface area contributed by atoms with Crippen LogP contribution in [0, 0.1) is 5.92 Å². The van der Waals surface area contributed by atoms with E-state index in [4.69, 9.17) is 9.16 Å². The molecule has 20 heavy (non-hydrogen) atoms. The number of ether oxygens (including phenoxy) is 1. The number of esters is 1. The molecule has 0 aromatic carbocycles. The van der Waals surface area contributed by atoms with Gasteiger partial charge in [0.05, 0.1) is 6.61 Å². The molecule has 0 unspecified atom stereocenters. The van der Waals surface area contributed by atoms with Gasteiger partial charge < -0.3 is 9.16 Å². The van der Waals surface area contributed by atoms with E-state index in [1.807, 2.05) is 6.92 Å². The third-order valence-corrected chi connectivity index (χ3v) is 9.30. The van der Waals surface area contributed by atoms with Gasteiger partial charge in [-0.15, -0.1) is 0 Å². The van der Waals surface area contributed by atoms with Crippen LogP contribution in [-0.4, -0.2) is 27.0 Å². The fourth-order valence-electron chi connectivity index (χ4n) is 2.58. The molecule has 0 N–H and O–H groups in total. The summed E-state index contributed by atoms with van der Waals surface area (Å²) in [6.45, 7) is 13.8. The van der Waals surface area contributed by atoms with E-state index < -0.39 is 8.32 Å². The fraction of sp³-hybridized carbons (Fsp3) is 0.938. The standard InChI is InChI=1S/C16H32O3Si/c1-7-18-15(17)12-13-9-8-10-14(11-13)19-20(5,6)16(2,3)4/h13-14H,7-12H2,1-6H3/t13-,14+/m1/s1. The van der Waals surface area contributed by atoms with E-state index in [-0.39, 0.29) is 11.0 Å². The highest BCUT2D eigenvalue weighted by Crippen LogP contribution is 2.40. The zero-order valence-electron chi connectivity index (χ0n) is 14.1. The molecular weight excluding hydrogens is 268 g/mol. The van der Waals surface area contributed by atoms with E-state index in [9.17, 15) is 4.79 Å². The van der Waals surface area contributed by atoms with Gasteiger partial charge in [-0.2, -0.15) is 0 Å². The molecule has 0 heterocycles. The molecule has 3 nitrogen and oxygen atoms in total. The van der Waals surface area contributed by atoms with E-state index in [1.165, 1.54) is 6.42 Å². The molecule has 0 saturated heterocycles. The molecule has 1 fully saturated rings. The molecule has 1 aliphatic carbocycles. The first-order chi connectivity index (χ1) is 9.15. The molecule has 0 bridgehead atoms. The molecule has 1 aliphatic rings. The lowest BCUT2D eigenvalue weighted by Gasteiger charge is -2.41. The van der Waals surface area contributed by atoms with Crippen molar-refractivity contribution in [3.63, 3.8) is 0 Å². The average molecular weight is 301 g/mol. The third-order valence-electron chi connectivity index (χ3n) is 4.76. The van der Waals surface area contributed by atoms with Gasteiger partial charge in [0.1, 0.15) is 0 Å². The second-order valence-corrected chi connectivity index (χ2v) is 12.3. The molecule has 4 heteroatoms. The molecule has 1 saturated carbocycles. The van der Waals surface area contributed by atoms with Crippen LogP contribution >= 0.6 is 0 Å². The predicted octanol–water partition coefficient (Wildman–Crippen LogP) is 4.52. The van der Waals surface area contributed by atoms with Crippen molar-refractivity contribution in [1.29, 1.82) is 0 Å². The predicted molar refractivity (Wildman–Crippen MR) is 85.3 cm³/mol. The first-order valence-corrected chi connectivity index (χ1v) is 10.9. The van der Waals surface area contributed by atoms with Crippen molar-refractivity contribution in [1.82, 2.24) is 0 Å². The smallest absolute Gasteiger partial charge is 0.306 e. The lowest BCUT2D eigenvalue weighted by molar-refractivity contribution is -0.144. The van der Waals surface area contributed by atoms with Crippen LogP contribution in [-0.2, 0) is 14.0 Å². The summed E-state index contributed by atoms with van der Waals surface area (Å²) < 4.78 is 11.6. The van der Waals surface area contributed by atoms with Gasteiger partial charge in [0.15, 0.2) is 8.32 Å². The van der Waals surface area contributed by atoms with Crippen LogP contribution < -0.4 is 0 Å². The highest BCUT2D eigenvalue weighted by molar-refractivity contribution is 6.74. The summed E-state index contributed by atoms with van der Waals surface area (Å²) in [6.07, 6.45) is 5.37. The topological polar surface area (TPSA) is 35.5 Å². The Balaban J connectivity index is 2.51. The highest BCUT2D eigenvalue weighted by atomic mass is 28.4. The Morgan fingerprint density at radius 2 is 1.90 bits per heavy atom. The zero-order valence-corrected chi connectivity index (χ0v) is 15.1. The summed E-state index contributed by atoms with van der Waals surface area (Å²) in [5.74, 6) is 0.392. The number of carbonyl (C=O) groups excluding carboxylic acids is 1. The first-order valence-electron chi connectivity index (χ1n) is 7.99. The molecule has 2 atom stereocenters. The Labute approximate surface area is 125 Å². The second-order valence-electron chi connectivity index (χ2n) is 7.54. The molecule has 0 aromatic rings. The summed E-state index contributed by atoms with van der Waals surface area (Å²) in [5.41, 5.74) is 0. The second kappa shape index (κ2) is 7.08. The third kappa shape index (κ3) is 5.21. The quantitative estimate of drug-likeness (QED) is 0.553. The van der Waals surface area contributed by atoms with Crippen molar-refractivity contribution in [3.8, 4) is 0 Å². The van der Waals surface area contributed by atoms with Crippen molar-refractivity contribution in [3.05, 3.63) is 0 Å². The Morgan fingerprint density at radius 1 is 1.25 bits per heavy atom. The molecular formula is C16H32O3Si. The molecule has 0 spiro atoms. The van der Waals surface area contributed by atoms with Gasteiger partial charge in [-0.25, -0.2) is 0 Å². The lowest BCUT2D eigenvalue weighted by atomic mass is 9.85. The van der Waals surface area contributed by atoms with E-state index >= 15 is 0 Å². The Morgan fingerprint density at radius 3 is 2.45 bits per heavy atom. The van der Waals surface area contributed by atoms with Crippen molar-refractivity contribution in [2.45, 2.75) is 84.0 Å². The number of hydrogen-bond donors (Lipinski definition) is 0. The molecule has 0 aromatic heterocycles. The van der Waals surface area contributed by atoms with E-state index in [2.05, 4.69) is 33.9 Å². The van der Waals surface area contributed by atoms with Crippen LogP contribution in [0.25, 0.3) is 0 Å². The fourth-order valence-corrected chi connectivity index (χ4v) is 3.98. The van der Waals surface area contributed by atoms with Gasteiger partial charge in [0, 0.05) is 12.5 Å². The number of carbonyl (C=O) groups is 1. The minimum Gasteiger partial charge on any atom is -0.466 e. The van der Waals surface area contributed by atoms with Gasteiger partial charge in [-0.3, -0.25) is 4.79 Å². The Kier molecular flexibility index (Phi) is 6.26. The molecule has 0 aliphatic heterocycles. The summed E-state index contributed by atoms with van der Waals surface area (Å²) in [4.78, 5) is 11.6. The lowest BCUT2D eigenvalue weighted by Crippen LogP contribution is -2.45. The van der Waals surface area contributed by atoms with Crippen molar-refractivity contribution in [2.75, 3.05) is 6.61 Å². The van der Waals surface area contributed by atoms with Gasteiger partial charge in [0.2, 0.25) is 0 Å². The monoisotopic (exact) mass is 300 g/mol. The van der Waals surface area contributed by atoms with Crippen LogP contribution in [0.3, 0.4) is 0 Å². The van der Waals surface area contributed by atoms with Crippen LogP contribution in [0.2, 0.25) is 18.1 Å². The van der Waals surface area contributed by atoms with E-state index in [0.717, 1.165) is 19.3 Å². The van der Waals surface area contributed by atoms with Gasteiger partial charge >= 0.3 is 5.97 Å². The largest absolute Gasteiger partial charge is 0.466 e. The van der Waals surface area contributed by atoms with Crippen molar-refractivity contribution >= 4 is 14.3 Å². The summed E-state index contributed by atoms with van der Waals surface area (Å²) in [5, 5.41) is 0.251. The number of hydrogen-bond acceptors (Lipinski definition) is 3. The summed E-state index contributed by atoms with van der Waals surface area (Å²) in [7, 11) is -1.69. The normalized spacial score (nSPS) is 24.5. The average Bonchev–Trinajstić information content (AvgIpc) is 2.27. The molecule has 118 valence electrons. The Hall–Kier alpha value is -0.353. The van der Waals surface area contributed by atoms with Crippen molar-refractivity contribution < 1.29 is 14.0 Å². The van der Waals surface area contributed by atoms with Crippen LogP contribution in [0.4, 0.5) is 0 Å². The van der Waals surface area contributed by atoms with Gasteiger partial charge in [0.25, 0.3) is 0 Å². The van der Waals surface area contributed by atoms with E-state index in [1.54, 1.807) is 0 Å². The van der Waals surface area contributed by atoms with Crippen LogP contribution in [0.5, 0.6) is 0 Å². The maximum absolute atomic E-state index is 11.6. The van der Waals surface area contributed by atoms with Gasteiger partial charge in [-0.05, 0) is 50.2 Å². The highest BCUT2D eigenvalue weighted by Gasteiger charge is 2.40. The van der Waals surface area contributed by atoms with Crippen LogP contribution in [0.1, 0.15) is 59.8 Å². The molecule has 1 rings (SSSR count). The minimum atomic E-state index is -1.69. The van der Waals surface area contributed by atoms with Gasteiger partial charge in [-0.1, -0.05) is 27.2 Å². The molecule has 0 amide bonds. The van der Waals surface area contributed by atoms with Crippen LogP contribution in [0.15, 0.2) is 0 Å². The SMILES string of the molecule is CCOC(=O)C[C@@H]1CCC[C@H](O[Si](C)(C)C(C)(C)C)C1. The molecule has 0 radical (unpaired) electrons.